The molecule has 1 nitrogen and oxygen atoms in total. The van der Waals surface area contributed by atoms with Crippen LogP contribution in [0, 0.1) is 0 Å². The minimum absolute atomic E-state index is 0.494. The number of rotatable bonds is 9. The lowest BCUT2D eigenvalue weighted by molar-refractivity contribution is 0.498. The van der Waals surface area contributed by atoms with Crippen LogP contribution in [-0.4, -0.2) is 7.05 Å². The Labute approximate surface area is 120 Å². The van der Waals surface area contributed by atoms with Gasteiger partial charge < -0.3 is 5.32 Å². The van der Waals surface area contributed by atoms with Crippen molar-refractivity contribution in [2.45, 2.75) is 57.9 Å². The van der Waals surface area contributed by atoms with Gasteiger partial charge in [-0.3, -0.25) is 0 Å². The van der Waals surface area contributed by atoms with Gasteiger partial charge in [0, 0.05) is 10.5 Å². The van der Waals surface area contributed by atoms with Crippen LogP contribution in [0.5, 0.6) is 0 Å². The van der Waals surface area contributed by atoms with Gasteiger partial charge in [-0.2, -0.15) is 0 Å². The fourth-order valence-corrected chi connectivity index (χ4v) is 2.75. The van der Waals surface area contributed by atoms with Gasteiger partial charge in [-0.1, -0.05) is 73.5 Å². The van der Waals surface area contributed by atoms with E-state index in [1.807, 2.05) is 0 Å². The van der Waals surface area contributed by atoms with Gasteiger partial charge in [0.25, 0.3) is 0 Å². The van der Waals surface area contributed by atoms with Gasteiger partial charge in [-0.15, -0.1) is 0 Å². The summed E-state index contributed by atoms with van der Waals surface area (Å²) >= 11 is 3.54. The van der Waals surface area contributed by atoms with Crippen molar-refractivity contribution in [1.29, 1.82) is 0 Å². The summed E-state index contributed by atoms with van der Waals surface area (Å²) in [6, 6.07) is 9.13. The lowest BCUT2D eigenvalue weighted by Crippen LogP contribution is -2.16. The van der Waals surface area contributed by atoms with Crippen molar-refractivity contribution in [3.05, 3.63) is 34.3 Å². The van der Waals surface area contributed by atoms with Crippen molar-refractivity contribution in [3.8, 4) is 0 Å². The van der Waals surface area contributed by atoms with E-state index in [4.69, 9.17) is 0 Å². The van der Waals surface area contributed by atoms with Crippen LogP contribution in [0.25, 0.3) is 0 Å². The minimum atomic E-state index is 0.494. The highest BCUT2D eigenvalue weighted by molar-refractivity contribution is 9.10. The standard InChI is InChI=1S/C16H26BrN/c1-3-4-5-6-7-8-12-16(18-2)14-10-9-11-15(17)13-14/h9-11,13,16,18H,3-8,12H2,1-2H3. The van der Waals surface area contributed by atoms with Crippen LogP contribution in [0.1, 0.15) is 63.5 Å². The van der Waals surface area contributed by atoms with Crippen LogP contribution in [0.4, 0.5) is 0 Å². The van der Waals surface area contributed by atoms with Crippen LogP contribution in [-0.2, 0) is 0 Å². The molecule has 0 amide bonds. The minimum Gasteiger partial charge on any atom is -0.313 e. The fraction of sp³-hybridized carbons (Fsp3) is 0.625. The first kappa shape index (κ1) is 15.7. The van der Waals surface area contributed by atoms with Gasteiger partial charge in [0.2, 0.25) is 0 Å². The smallest absolute Gasteiger partial charge is 0.0317 e. The molecule has 0 radical (unpaired) electrons. The molecule has 0 fully saturated rings. The number of unbranched alkanes of at least 4 members (excludes halogenated alkanes) is 5. The van der Waals surface area contributed by atoms with E-state index in [-0.39, 0.29) is 0 Å². The summed E-state index contributed by atoms with van der Waals surface area (Å²) in [6.07, 6.45) is 9.44. The molecule has 0 aliphatic carbocycles. The average molecular weight is 312 g/mol. The Morgan fingerprint density at radius 1 is 1.11 bits per heavy atom. The number of nitrogens with one attached hydrogen (secondary N) is 1. The Bertz CT molecular complexity index is 325. The SMILES string of the molecule is CCCCCCCCC(NC)c1cccc(Br)c1. The normalized spacial score (nSPS) is 12.6. The third kappa shape index (κ3) is 6.01. The van der Waals surface area contributed by atoms with Crippen molar-refractivity contribution in [2.75, 3.05) is 7.05 Å². The van der Waals surface area contributed by atoms with Crippen molar-refractivity contribution < 1.29 is 0 Å². The molecule has 1 rings (SSSR count). The van der Waals surface area contributed by atoms with Crippen LogP contribution >= 0.6 is 15.9 Å². The maximum Gasteiger partial charge on any atom is 0.0317 e. The third-order valence-corrected chi connectivity index (χ3v) is 3.94. The molecule has 1 aromatic rings. The number of hydrogen-bond acceptors (Lipinski definition) is 1. The second-order valence-electron chi connectivity index (χ2n) is 4.95. The maximum absolute atomic E-state index is 3.54. The summed E-state index contributed by atoms with van der Waals surface area (Å²) < 4.78 is 1.17. The fourth-order valence-electron chi connectivity index (χ4n) is 2.33. The van der Waals surface area contributed by atoms with E-state index >= 15 is 0 Å². The summed E-state index contributed by atoms with van der Waals surface area (Å²) in [4.78, 5) is 0. The van der Waals surface area contributed by atoms with Crippen LogP contribution in [0.2, 0.25) is 0 Å². The Kier molecular flexibility index (Phi) is 8.36. The highest BCUT2D eigenvalue weighted by Gasteiger charge is 2.08. The maximum atomic E-state index is 3.54. The van der Waals surface area contributed by atoms with Gasteiger partial charge in [0.05, 0.1) is 0 Å². The molecule has 1 N–H and O–H groups in total. The summed E-state index contributed by atoms with van der Waals surface area (Å²) in [5.74, 6) is 0. The van der Waals surface area contributed by atoms with Crippen molar-refractivity contribution in [1.82, 2.24) is 5.32 Å². The Balaban J connectivity index is 2.29. The second kappa shape index (κ2) is 9.57. The zero-order valence-corrected chi connectivity index (χ0v) is 13.3. The van der Waals surface area contributed by atoms with E-state index in [2.05, 4.69) is 59.5 Å². The Morgan fingerprint density at radius 3 is 2.50 bits per heavy atom. The molecule has 0 aliphatic heterocycles. The summed E-state index contributed by atoms with van der Waals surface area (Å²) in [5, 5.41) is 3.43. The van der Waals surface area contributed by atoms with E-state index < -0.39 is 0 Å². The first-order chi connectivity index (χ1) is 8.77. The van der Waals surface area contributed by atoms with E-state index in [9.17, 15) is 0 Å². The molecule has 0 spiro atoms. The van der Waals surface area contributed by atoms with Gasteiger partial charge in [0.1, 0.15) is 0 Å². The van der Waals surface area contributed by atoms with Crippen LogP contribution in [0.15, 0.2) is 28.7 Å². The topological polar surface area (TPSA) is 12.0 Å². The van der Waals surface area contributed by atoms with Crippen LogP contribution in [0.3, 0.4) is 0 Å². The molecular formula is C16H26BrN. The summed E-state index contributed by atoms with van der Waals surface area (Å²) in [6.45, 7) is 2.27. The molecule has 0 heterocycles. The summed E-state index contributed by atoms with van der Waals surface area (Å²) in [7, 11) is 2.06. The summed E-state index contributed by atoms with van der Waals surface area (Å²) in [5.41, 5.74) is 1.39. The van der Waals surface area contributed by atoms with Crippen molar-refractivity contribution >= 4 is 15.9 Å². The number of hydrogen-bond donors (Lipinski definition) is 1. The number of benzene rings is 1. The third-order valence-electron chi connectivity index (χ3n) is 3.45. The second-order valence-corrected chi connectivity index (χ2v) is 5.87. The largest absolute Gasteiger partial charge is 0.313 e. The molecule has 0 saturated heterocycles. The van der Waals surface area contributed by atoms with Crippen LogP contribution < -0.4 is 5.32 Å². The van der Waals surface area contributed by atoms with E-state index in [0.717, 1.165) is 0 Å². The monoisotopic (exact) mass is 311 g/mol. The first-order valence-corrected chi connectivity index (χ1v) is 8.00. The van der Waals surface area contributed by atoms with Gasteiger partial charge >= 0.3 is 0 Å². The molecule has 102 valence electrons. The molecule has 0 saturated carbocycles. The lowest BCUT2D eigenvalue weighted by Gasteiger charge is -2.16. The molecular weight excluding hydrogens is 286 g/mol. The molecule has 0 bridgehead atoms. The molecule has 1 aromatic carbocycles. The number of halogens is 1. The van der Waals surface area contributed by atoms with Gasteiger partial charge in [-0.25, -0.2) is 0 Å². The van der Waals surface area contributed by atoms with E-state index in [1.54, 1.807) is 0 Å². The van der Waals surface area contributed by atoms with E-state index in [0.29, 0.717) is 6.04 Å². The predicted octanol–water partition coefficient (Wildman–Crippen LogP) is 5.46. The van der Waals surface area contributed by atoms with Crippen molar-refractivity contribution in [2.24, 2.45) is 0 Å². The first-order valence-electron chi connectivity index (χ1n) is 7.20. The molecule has 1 unspecified atom stereocenters. The quantitative estimate of drug-likeness (QED) is 0.597. The Hall–Kier alpha value is -0.340. The molecule has 1 atom stereocenters. The lowest BCUT2D eigenvalue weighted by atomic mass is 10.00. The highest BCUT2D eigenvalue weighted by Crippen LogP contribution is 2.22. The molecule has 0 aromatic heterocycles. The highest BCUT2D eigenvalue weighted by atomic mass is 79.9. The Morgan fingerprint density at radius 2 is 1.83 bits per heavy atom. The molecule has 2 heteroatoms. The van der Waals surface area contributed by atoms with Gasteiger partial charge in [0.15, 0.2) is 0 Å². The van der Waals surface area contributed by atoms with Crippen molar-refractivity contribution in [3.63, 3.8) is 0 Å². The molecule has 0 aliphatic rings. The van der Waals surface area contributed by atoms with E-state index in [1.165, 1.54) is 55.0 Å². The zero-order valence-electron chi connectivity index (χ0n) is 11.7. The van der Waals surface area contributed by atoms with Gasteiger partial charge in [-0.05, 0) is 31.2 Å². The molecule has 18 heavy (non-hydrogen) atoms. The zero-order chi connectivity index (χ0) is 13.2. The average Bonchev–Trinajstić information content (AvgIpc) is 2.38. The predicted molar refractivity (Wildman–Crippen MR) is 83.9 cm³/mol.